The molecule has 7 nitrogen and oxygen atoms in total. The van der Waals surface area contributed by atoms with E-state index in [9.17, 15) is 35.2 Å². The summed E-state index contributed by atoms with van der Waals surface area (Å²) in [7, 11) is -3.73. The number of anilines is 1. The molecule has 1 amide bonds. The molecule has 0 bridgehead atoms. The van der Waals surface area contributed by atoms with E-state index < -0.39 is 63.8 Å². The van der Waals surface area contributed by atoms with Crippen molar-refractivity contribution < 1.29 is 35.2 Å². The minimum Gasteiger partial charge on any atom is -0.320 e. The zero-order valence-electron chi connectivity index (χ0n) is 17.4. The first-order valence-electron chi connectivity index (χ1n) is 9.61. The van der Waals surface area contributed by atoms with Gasteiger partial charge in [-0.25, -0.2) is 22.2 Å². The first-order valence-corrected chi connectivity index (χ1v) is 11.5. The molecule has 0 unspecified atom stereocenters. The van der Waals surface area contributed by atoms with Crippen molar-refractivity contribution in [1.29, 1.82) is 0 Å². The number of nitrogens with one attached hydrogen (secondary N) is 1. The number of hydrogen-bond acceptors (Lipinski definition) is 5. The maximum Gasteiger partial charge on any atom is 0.420 e. The van der Waals surface area contributed by atoms with Gasteiger partial charge < -0.3 is 5.32 Å². The Labute approximate surface area is 180 Å². The van der Waals surface area contributed by atoms with Crippen molar-refractivity contribution in [1.82, 2.24) is 14.8 Å². The van der Waals surface area contributed by atoms with E-state index in [0.29, 0.717) is 0 Å². The second-order valence-corrected chi connectivity index (χ2v) is 10.1. The van der Waals surface area contributed by atoms with Gasteiger partial charge in [0.05, 0.1) is 5.69 Å². The molecule has 0 spiro atoms. The van der Waals surface area contributed by atoms with Crippen LogP contribution in [0.3, 0.4) is 0 Å². The average Bonchev–Trinajstić information content (AvgIpc) is 2.99. The van der Waals surface area contributed by atoms with E-state index in [0.717, 1.165) is 23.2 Å². The molecule has 1 saturated carbocycles. The van der Waals surface area contributed by atoms with Crippen LogP contribution in [0.4, 0.5) is 27.6 Å². The van der Waals surface area contributed by atoms with E-state index in [1.165, 1.54) is 19.9 Å². The lowest BCUT2D eigenvalue weighted by Crippen LogP contribution is -2.38. The standard InChI is InChI=1S/C19H21F5N4O3S/c1-10(2)15-14(19(22,23)24)16(28(27-15)9-11-7-18(20,21)8-11)17(29)26-12-4-5-25-13(6-12)32(3,30)31/h4-6,10-11H,7-9H2,1-3H3,(H,25,26,29). The van der Waals surface area contributed by atoms with E-state index >= 15 is 0 Å². The summed E-state index contributed by atoms with van der Waals surface area (Å²) in [6.07, 6.45) is -3.96. The molecule has 1 fully saturated rings. The first kappa shape index (κ1) is 24.1. The monoisotopic (exact) mass is 480 g/mol. The zero-order chi connectivity index (χ0) is 24.1. The van der Waals surface area contributed by atoms with Gasteiger partial charge in [0.2, 0.25) is 5.92 Å². The van der Waals surface area contributed by atoms with Crippen LogP contribution in [0.15, 0.2) is 23.4 Å². The van der Waals surface area contributed by atoms with Crippen LogP contribution in [-0.2, 0) is 22.6 Å². The molecule has 1 aliphatic carbocycles. The predicted molar refractivity (Wildman–Crippen MR) is 104 cm³/mol. The van der Waals surface area contributed by atoms with E-state index in [-0.39, 0.29) is 23.0 Å². The largest absolute Gasteiger partial charge is 0.420 e. The fourth-order valence-electron chi connectivity index (χ4n) is 3.57. The van der Waals surface area contributed by atoms with Crippen molar-refractivity contribution in [3.63, 3.8) is 0 Å². The third kappa shape index (κ3) is 5.08. The smallest absolute Gasteiger partial charge is 0.320 e. The van der Waals surface area contributed by atoms with Crippen molar-refractivity contribution in [2.24, 2.45) is 5.92 Å². The molecule has 0 atom stereocenters. The van der Waals surface area contributed by atoms with Crippen molar-refractivity contribution in [3.8, 4) is 0 Å². The van der Waals surface area contributed by atoms with Gasteiger partial charge in [-0.05, 0) is 24.0 Å². The number of carbonyl (C=O) groups excluding carboxylic acids is 1. The lowest BCUT2D eigenvalue weighted by molar-refractivity contribution is -0.139. The van der Waals surface area contributed by atoms with Gasteiger partial charge >= 0.3 is 6.18 Å². The number of alkyl halides is 5. The number of pyridine rings is 1. The zero-order valence-corrected chi connectivity index (χ0v) is 18.2. The molecule has 0 saturated heterocycles. The average molecular weight is 480 g/mol. The summed E-state index contributed by atoms with van der Waals surface area (Å²) in [5, 5.41) is 5.82. The number of rotatable bonds is 6. The predicted octanol–water partition coefficient (Wildman–Crippen LogP) is 4.12. The normalized spacial score (nSPS) is 16.8. The Balaban J connectivity index is 2.03. The van der Waals surface area contributed by atoms with E-state index in [1.807, 2.05) is 0 Å². The van der Waals surface area contributed by atoms with Gasteiger partial charge in [-0.3, -0.25) is 9.48 Å². The highest BCUT2D eigenvalue weighted by Gasteiger charge is 2.47. The number of hydrogen-bond donors (Lipinski definition) is 1. The van der Waals surface area contributed by atoms with Gasteiger partial charge in [0.15, 0.2) is 14.9 Å². The highest BCUT2D eigenvalue weighted by atomic mass is 32.2. The molecule has 176 valence electrons. The Morgan fingerprint density at radius 2 is 1.94 bits per heavy atom. The third-order valence-electron chi connectivity index (χ3n) is 5.00. The molecule has 1 aliphatic rings. The number of amides is 1. The Bertz CT molecular complexity index is 1130. The number of aromatic nitrogens is 3. The summed E-state index contributed by atoms with van der Waals surface area (Å²) in [6.45, 7) is 2.67. The quantitative estimate of drug-likeness (QED) is 0.628. The first-order chi connectivity index (χ1) is 14.6. The lowest BCUT2D eigenvalue weighted by atomic mass is 9.81. The van der Waals surface area contributed by atoms with Gasteiger partial charge in [-0.15, -0.1) is 0 Å². The summed E-state index contributed by atoms with van der Waals surface area (Å²) in [5.41, 5.74) is -2.52. The van der Waals surface area contributed by atoms with Gasteiger partial charge in [0.1, 0.15) is 11.3 Å². The molecule has 1 N–H and O–H groups in total. The molecule has 32 heavy (non-hydrogen) atoms. The molecule has 3 rings (SSSR count). The van der Waals surface area contributed by atoms with Gasteiger partial charge in [-0.2, -0.15) is 18.3 Å². The SMILES string of the molecule is CC(C)c1nn(CC2CC(F)(F)C2)c(C(=O)Nc2ccnc(S(C)(=O)=O)c2)c1C(F)(F)F. The van der Waals surface area contributed by atoms with Crippen LogP contribution in [0, 0.1) is 5.92 Å². The third-order valence-corrected chi connectivity index (χ3v) is 5.99. The van der Waals surface area contributed by atoms with Crippen LogP contribution in [0.2, 0.25) is 0 Å². The highest BCUT2D eigenvalue weighted by Crippen LogP contribution is 2.44. The van der Waals surface area contributed by atoms with Crippen molar-refractivity contribution >= 4 is 21.4 Å². The van der Waals surface area contributed by atoms with Gasteiger partial charge in [-0.1, -0.05) is 13.8 Å². The fourth-order valence-corrected chi connectivity index (χ4v) is 4.16. The summed E-state index contributed by atoms with van der Waals surface area (Å²) in [4.78, 5) is 16.6. The van der Waals surface area contributed by atoms with Crippen LogP contribution >= 0.6 is 0 Å². The van der Waals surface area contributed by atoms with Gasteiger partial charge in [0, 0.05) is 37.5 Å². The van der Waals surface area contributed by atoms with Gasteiger partial charge in [0.25, 0.3) is 5.91 Å². The van der Waals surface area contributed by atoms with Crippen LogP contribution in [0.5, 0.6) is 0 Å². The summed E-state index contributed by atoms with van der Waals surface area (Å²) in [5.74, 6) is -5.39. The Hall–Kier alpha value is -2.57. The van der Waals surface area contributed by atoms with Crippen LogP contribution in [-0.4, -0.2) is 41.3 Å². The molecule has 2 heterocycles. The molecular weight excluding hydrogens is 459 g/mol. The van der Waals surface area contributed by atoms with Crippen molar-refractivity contribution in [2.75, 3.05) is 11.6 Å². The Morgan fingerprint density at radius 3 is 2.44 bits per heavy atom. The maximum atomic E-state index is 13.9. The number of halogens is 5. The van der Waals surface area contributed by atoms with E-state index in [1.54, 1.807) is 0 Å². The second kappa shape index (κ2) is 8.09. The number of sulfone groups is 1. The molecule has 13 heteroatoms. The summed E-state index contributed by atoms with van der Waals surface area (Å²) >= 11 is 0. The highest BCUT2D eigenvalue weighted by molar-refractivity contribution is 7.90. The topological polar surface area (TPSA) is 93.9 Å². The molecule has 0 radical (unpaired) electrons. The fraction of sp³-hybridized carbons (Fsp3) is 0.526. The molecule has 2 aromatic heterocycles. The Kier molecular flexibility index (Phi) is 6.09. The van der Waals surface area contributed by atoms with Crippen LogP contribution < -0.4 is 5.32 Å². The van der Waals surface area contributed by atoms with Crippen LogP contribution in [0.25, 0.3) is 0 Å². The van der Waals surface area contributed by atoms with Crippen molar-refractivity contribution in [3.05, 3.63) is 35.3 Å². The second-order valence-electron chi connectivity index (χ2n) is 8.18. The van der Waals surface area contributed by atoms with E-state index in [2.05, 4.69) is 15.4 Å². The lowest BCUT2D eigenvalue weighted by Gasteiger charge is -2.35. The maximum absolute atomic E-state index is 13.9. The number of carbonyl (C=O) groups is 1. The van der Waals surface area contributed by atoms with Crippen LogP contribution in [0.1, 0.15) is 54.4 Å². The Morgan fingerprint density at radius 1 is 1.31 bits per heavy atom. The molecule has 2 aromatic rings. The molecular formula is C19H21F5N4O3S. The summed E-state index contributed by atoms with van der Waals surface area (Å²) in [6, 6.07) is 2.23. The minimum atomic E-state index is -4.93. The van der Waals surface area contributed by atoms with E-state index in [4.69, 9.17) is 0 Å². The minimum absolute atomic E-state index is 0.0902. The summed E-state index contributed by atoms with van der Waals surface area (Å²) < 4.78 is 92.4. The number of nitrogens with zero attached hydrogens (tertiary/aromatic N) is 3. The molecule has 0 aromatic carbocycles. The molecule has 0 aliphatic heterocycles. The van der Waals surface area contributed by atoms with Crippen molar-refractivity contribution in [2.45, 2.75) is 56.3 Å².